The molecule has 0 radical (unpaired) electrons. The normalized spacial score (nSPS) is 12.1. The van der Waals surface area contributed by atoms with Crippen molar-refractivity contribution in [3.05, 3.63) is 29.8 Å². The molecule has 0 aliphatic rings. The fourth-order valence-electron chi connectivity index (χ4n) is 1.34. The molecule has 0 bridgehead atoms. The quantitative estimate of drug-likeness (QED) is 0.779. The Hall–Kier alpha value is -1.09. The van der Waals surface area contributed by atoms with E-state index in [1.807, 2.05) is 26.0 Å². The van der Waals surface area contributed by atoms with E-state index in [4.69, 9.17) is 22.7 Å². The van der Waals surface area contributed by atoms with E-state index in [2.05, 4.69) is 12.1 Å². The molecule has 1 unspecified atom stereocenters. The lowest BCUT2D eigenvalue weighted by atomic mass is 10.0. The molecule has 1 rings (SSSR count). The Kier molecular flexibility index (Phi) is 4.56. The Morgan fingerprint density at radius 2 is 2.00 bits per heavy atom. The highest BCUT2D eigenvalue weighted by Gasteiger charge is 2.06. The summed E-state index contributed by atoms with van der Waals surface area (Å²) in [7, 11) is 0. The molecule has 1 aromatic carbocycles. The van der Waals surface area contributed by atoms with Gasteiger partial charge in [0.2, 0.25) is 0 Å². The average molecular weight is 223 g/mol. The molecular formula is C12H17NOS. The molecule has 0 spiro atoms. The molecule has 3 heteroatoms. The SMILES string of the molecule is CCOc1ccc(CC(C)C(N)=S)cc1. The molecule has 0 aromatic heterocycles. The highest BCUT2D eigenvalue weighted by atomic mass is 32.1. The van der Waals surface area contributed by atoms with Gasteiger partial charge in [0.25, 0.3) is 0 Å². The summed E-state index contributed by atoms with van der Waals surface area (Å²) in [6.07, 6.45) is 0.891. The van der Waals surface area contributed by atoms with Crippen LogP contribution in [0.15, 0.2) is 24.3 Å². The summed E-state index contributed by atoms with van der Waals surface area (Å²) in [6, 6.07) is 8.07. The van der Waals surface area contributed by atoms with Gasteiger partial charge in [-0.25, -0.2) is 0 Å². The molecule has 0 heterocycles. The summed E-state index contributed by atoms with van der Waals surface area (Å²) in [5.41, 5.74) is 6.80. The van der Waals surface area contributed by atoms with Crippen LogP contribution in [-0.2, 0) is 6.42 Å². The van der Waals surface area contributed by atoms with Gasteiger partial charge >= 0.3 is 0 Å². The van der Waals surface area contributed by atoms with Gasteiger partial charge in [-0.2, -0.15) is 0 Å². The van der Waals surface area contributed by atoms with Crippen LogP contribution in [0.25, 0.3) is 0 Å². The molecule has 1 atom stereocenters. The van der Waals surface area contributed by atoms with E-state index in [-0.39, 0.29) is 5.92 Å². The van der Waals surface area contributed by atoms with Crippen LogP contribution in [0, 0.1) is 5.92 Å². The molecule has 15 heavy (non-hydrogen) atoms. The average Bonchev–Trinajstić information content (AvgIpc) is 2.21. The minimum absolute atomic E-state index is 0.248. The lowest BCUT2D eigenvalue weighted by Gasteiger charge is -2.10. The van der Waals surface area contributed by atoms with Gasteiger partial charge in [0.05, 0.1) is 11.6 Å². The van der Waals surface area contributed by atoms with Crippen LogP contribution < -0.4 is 10.5 Å². The maximum Gasteiger partial charge on any atom is 0.119 e. The van der Waals surface area contributed by atoms with Crippen LogP contribution in [-0.4, -0.2) is 11.6 Å². The first-order valence-corrected chi connectivity index (χ1v) is 5.55. The maximum atomic E-state index is 5.57. The van der Waals surface area contributed by atoms with Gasteiger partial charge in [0, 0.05) is 5.92 Å². The smallest absolute Gasteiger partial charge is 0.119 e. The Morgan fingerprint density at radius 1 is 1.40 bits per heavy atom. The van der Waals surface area contributed by atoms with Crippen LogP contribution in [0.3, 0.4) is 0 Å². The number of nitrogens with two attached hydrogens (primary N) is 1. The van der Waals surface area contributed by atoms with E-state index in [1.165, 1.54) is 5.56 Å². The minimum atomic E-state index is 0.248. The van der Waals surface area contributed by atoms with E-state index in [0.717, 1.165) is 12.2 Å². The largest absolute Gasteiger partial charge is 0.494 e. The second-order valence-corrected chi connectivity index (χ2v) is 4.06. The van der Waals surface area contributed by atoms with Crippen molar-refractivity contribution in [3.8, 4) is 5.75 Å². The number of thiocarbonyl (C=S) groups is 1. The molecule has 1 aromatic rings. The fourth-order valence-corrected chi connectivity index (χ4v) is 1.43. The summed E-state index contributed by atoms with van der Waals surface area (Å²) in [6.45, 7) is 4.71. The zero-order valence-corrected chi connectivity index (χ0v) is 10.0. The van der Waals surface area contributed by atoms with Crippen molar-refractivity contribution in [1.82, 2.24) is 0 Å². The molecule has 2 nitrogen and oxygen atoms in total. The lowest BCUT2D eigenvalue weighted by molar-refractivity contribution is 0.340. The molecule has 2 N–H and O–H groups in total. The van der Waals surface area contributed by atoms with Gasteiger partial charge in [-0.3, -0.25) is 0 Å². The summed E-state index contributed by atoms with van der Waals surface area (Å²) in [5.74, 6) is 1.15. The van der Waals surface area contributed by atoms with E-state index in [1.54, 1.807) is 0 Å². The molecule has 0 saturated carbocycles. The maximum absolute atomic E-state index is 5.57. The second kappa shape index (κ2) is 5.71. The number of benzene rings is 1. The van der Waals surface area contributed by atoms with Crippen LogP contribution in [0.4, 0.5) is 0 Å². The van der Waals surface area contributed by atoms with Gasteiger partial charge in [0.1, 0.15) is 5.75 Å². The van der Waals surface area contributed by atoms with Gasteiger partial charge in [0.15, 0.2) is 0 Å². The Bertz CT molecular complexity index is 321. The van der Waals surface area contributed by atoms with E-state index in [9.17, 15) is 0 Å². The van der Waals surface area contributed by atoms with Crippen molar-refractivity contribution in [3.63, 3.8) is 0 Å². The summed E-state index contributed by atoms with van der Waals surface area (Å²) >= 11 is 4.94. The summed E-state index contributed by atoms with van der Waals surface area (Å²) in [4.78, 5) is 0.573. The Labute approximate surface area is 96.4 Å². The zero-order valence-electron chi connectivity index (χ0n) is 9.19. The topological polar surface area (TPSA) is 35.2 Å². The fraction of sp³-hybridized carbons (Fsp3) is 0.417. The van der Waals surface area contributed by atoms with Gasteiger partial charge in [-0.15, -0.1) is 0 Å². The molecule has 82 valence electrons. The van der Waals surface area contributed by atoms with Crippen molar-refractivity contribution in [2.75, 3.05) is 6.61 Å². The highest BCUT2D eigenvalue weighted by Crippen LogP contribution is 2.15. The Morgan fingerprint density at radius 3 is 2.47 bits per heavy atom. The number of rotatable bonds is 5. The molecule has 0 saturated heterocycles. The first kappa shape index (κ1) is 12.0. The van der Waals surface area contributed by atoms with Gasteiger partial charge in [-0.1, -0.05) is 31.3 Å². The second-order valence-electron chi connectivity index (χ2n) is 3.58. The van der Waals surface area contributed by atoms with Crippen molar-refractivity contribution in [2.45, 2.75) is 20.3 Å². The predicted octanol–water partition coefficient (Wildman–Crippen LogP) is 2.55. The van der Waals surface area contributed by atoms with Crippen molar-refractivity contribution >= 4 is 17.2 Å². The van der Waals surface area contributed by atoms with Gasteiger partial charge in [-0.05, 0) is 31.0 Å². The Balaban J connectivity index is 2.60. The molecule has 0 aliphatic heterocycles. The van der Waals surface area contributed by atoms with E-state index < -0.39 is 0 Å². The number of hydrogen-bond acceptors (Lipinski definition) is 2. The van der Waals surface area contributed by atoms with Crippen molar-refractivity contribution in [2.24, 2.45) is 11.7 Å². The predicted molar refractivity (Wildman–Crippen MR) is 67.3 cm³/mol. The van der Waals surface area contributed by atoms with Crippen LogP contribution in [0.1, 0.15) is 19.4 Å². The zero-order chi connectivity index (χ0) is 11.3. The monoisotopic (exact) mass is 223 g/mol. The van der Waals surface area contributed by atoms with Crippen LogP contribution >= 0.6 is 12.2 Å². The van der Waals surface area contributed by atoms with Crippen molar-refractivity contribution < 1.29 is 4.74 Å². The van der Waals surface area contributed by atoms with Crippen LogP contribution in [0.5, 0.6) is 5.75 Å². The van der Waals surface area contributed by atoms with E-state index >= 15 is 0 Å². The highest BCUT2D eigenvalue weighted by molar-refractivity contribution is 7.80. The number of hydrogen-bond donors (Lipinski definition) is 1. The molecular weight excluding hydrogens is 206 g/mol. The third-order valence-electron chi connectivity index (χ3n) is 2.26. The third-order valence-corrected chi connectivity index (χ3v) is 2.66. The number of ether oxygens (including phenoxy) is 1. The first-order valence-electron chi connectivity index (χ1n) is 5.14. The van der Waals surface area contributed by atoms with Crippen LogP contribution in [0.2, 0.25) is 0 Å². The van der Waals surface area contributed by atoms with E-state index in [0.29, 0.717) is 11.6 Å². The standard InChI is InChI=1S/C12H17NOS/c1-3-14-11-6-4-10(5-7-11)8-9(2)12(13)15/h4-7,9H,3,8H2,1-2H3,(H2,13,15). The van der Waals surface area contributed by atoms with Gasteiger partial charge < -0.3 is 10.5 Å². The molecule has 0 amide bonds. The lowest BCUT2D eigenvalue weighted by Crippen LogP contribution is -2.20. The summed E-state index contributed by atoms with van der Waals surface area (Å²) < 4.78 is 5.36. The third kappa shape index (κ3) is 3.88. The first-order chi connectivity index (χ1) is 7.13. The van der Waals surface area contributed by atoms with Crippen molar-refractivity contribution in [1.29, 1.82) is 0 Å². The molecule has 0 aliphatic carbocycles. The molecule has 0 fully saturated rings. The minimum Gasteiger partial charge on any atom is -0.494 e. The summed E-state index contributed by atoms with van der Waals surface area (Å²) in [5, 5.41) is 0.